The lowest BCUT2D eigenvalue weighted by molar-refractivity contribution is 0.253. The van der Waals surface area contributed by atoms with Crippen molar-refractivity contribution in [3.8, 4) is 0 Å². The Hall–Kier alpha value is -1.62. The number of hydrogen-bond donors (Lipinski definition) is 0. The molecular weight excluding hydrogens is 366 g/mol. The van der Waals surface area contributed by atoms with Crippen LogP contribution in [0.2, 0.25) is 5.04 Å². The van der Waals surface area contributed by atoms with E-state index in [0.29, 0.717) is 5.92 Å². The van der Waals surface area contributed by atoms with Gasteiger partial charge in [-0.05, 0) is 32.8 Å². The number of dihydropyridines is 1. The molecule has 0 N–H and O–H groups in total. The largest absolute Gasteiger partial charge is 0.395 e. The monoisotopic (exact) mass is 393 g/mol. The van der Waals surface area contributed by atoms with Gasteiger partial charge >= 0.3 is 0 Å². The predicted molar refractivity (Wildman–Crippen MR) is 120 cm³/mol. The second-order valence-electron chi connectivity index (χ2n) is 8.34. The van der Waals surface area contributed by atoms with Gasteiger partial charge in [-0.15, -0.1) is 0 Å². The average Bonchev–Trinajstić information content (AvgIpc) is 3.09. The lowest BCUT2D eigenvalue weighted by atomic mass is 10.0. The van der Waals surface area contributed by atoms with Crippen LogP contribution < -0.4 is 10.4 Å². The van der Waals surface area contributed by atoms with Gasteiger partial charge in [0.2, 0.25) is 0 Å². The molecule has 2 atom stereocenters. The maximum Gasteiger partial charge on any atom is 0.262 e. The Bertz CT molecular complexity index is 802. The van der Waals surface area contributed by atoms with Crippen molar-refractivity contribution in [2.75, 3.05) is 6.54 Å². The van der Waals surface area contributed by atoms with Gasteiger partial charge in [-0.25, -0.2) is 0 Å². The molecule has 0 aromatic heterocycles. The van der Waals surface area contributed by atoms with Crippen LogP contribution in [0.5, 0.6) is 0 Å². The molecule has 2 aliphatic heterocycles. The number of allylic oxidation sites excluding steroid dienone is 1. The Morgan fingerprint density at radius 1 is 0.963 bits per heavy atom. The first-order valence-electron chi connectivity index (χ1n) is 9.66. The molecule has 27 heavy (non-hydrogen) atoms. The van der Waals surface area contributed by atoms with E-state index in [9.17, 15) is 0 Å². The molecule has 2 aromatic carbocycles. The molecule has 0 aliphatic carbocycles. The Kier molecular flexibility index (Phi) is 5.15. The summed E-state index contributed by atoms with van der Waals surface area (Å²) in [6.07, 6.45) is 5.18. The summed E-state index contributed by atoms with van der Waals surface area (Å²) in [4.78, 5) is 5.89. The van der Waals surface area contributed by atoms with Gasteiger partial charge in [0.1, 0.15) is 0 Å². The Morgan fingerprint density at radius 3 is 2.07 bits per heavy atom. The minimum absolute atomic E-state index is 0.0227. The minimum Gasteiger partial charge on any atom is -0.395 e. The van der Waals surface area contributed by atoms with Gasteiger partial charge in [-0.1, -0.05) is 93.2 Å². The average molecular weight is 394 g/mol. The summed E-state index contributed by atoms with van der Waals surface area (Å²) in [5, 5.41) is 2.73. The molecule has 4 rings (SSSR count). The molecule has 0 amide bonds. The first-order chi connectivity index (χ1) is 13.0. The first kappa shape index (κ1) is 18.7. The van der Waals surface area contributed by atoms with Crippen molar-refractivity contribution in [2.24, 2.45) is 10.9 Å². The summed E-state index contributed by atoms with van der Waals surface area (Å²) < 4.78 is 7.23. The highest BCUT2D eigenvalue weighted by atomic mass is 32.2. The maximum absolute atomic E-state index is 7.23. The molecule has 2 unspecified atom stereocenters. The molecule has 1 saturated heterocycles. The second kappa shape index (κ2) is 7.42. The van der Waals surface area contributed by atoms with E-state index >= 15 is 0 Å². The summed E-state index contributed by atoms with van der Waals surface area (Å²) in [5.41, 5.74) is 0.189. The highest BCUT2D eigenvalue weighted by Crippen LogP contribution is 2.47. The van der Waals surface area contributed by atoms with Crippen LogP contribution in [0.1, 0.15) is 27.2 Å². The van der Waals surface area contributed by atoms with Gasteiger partial charge in [0, 0.05) is 18.7 Å². The number of nitrogens with zero attached hydrogens (tertiary/aromatic N) is 1. The summed E-state index contributed by atoms with van der Waals surface area (Å²) >= 11 is 1.91. The predicted octanol–water partition coefficient (Wildman–Crippen LogP) is 4.61. The Morgan fingerprint density at radius 2 is 1.56 bits per heavy atom. The summed E-state index contributed by atoms with van der Waals surface area (Å²) in [6.45, 7) is 7.93. The van der Waals surface area contributed by atoms with Gasteiger partial charge in [0.25, 0.3) is 8.32 Å². The molecule has 2 nitrogen and oxygen atoms in total. The lowest BCUT2D eigenvalue weighted by Gasteiger charge is -2.44. The van der Waals surface area contributed by atoms with Crippen LogP contribution in [0.15, 0.2) is 76.6 Å². The topological polar surface area (TPSA) is 21.6 Å². The normalized spacial score (nSPS) is 22.4. The van der Waals surface area contributed by atoms with E-state index in [-0.39, 0.29) is 10.5 Å². The SMILES string of the molecule is CC(C)(C)[Si](OC1CC2CN=CC=C2S1)(c1ccccc1)c1ccccc1. The second-order valence-corrected chi connectivity index (χ2v) is 13.8. The van der Waals surface area contributed by atoms with Gasteiger partial charge in [0.15, 0.2) is 0 Å². The first-order valence-corrected chi connectivity index (χ1v) is 12.4. The Labute approximate surface area is 167 Å². The third-order valence-corrected chi connectivity index (χ3v) is 12.0. The Balaban J connectivity index is 1.79. The number of fused-ring (bicyclic) bond motifs is 1. The van der Waals surface area contributed by atoms with Crippen molar-refractivity contribution in [3.63, 3.8) is 0 Å². The van der Waals surface area contributed by atoms with Crippen LogP contribution in [-0.4, -0.2) is 26.5 Å². The van der Waals surface area contributed by atoms with E-state index in [0.717, 1.165) is 13.0 Å². The minimum atomic E-state index is -2.47. The molecule has 0 bridgehead atoms. The zero-order valence-electron chi connectivity index (χ0n) is 16.3. The molecule has 2 aromatic rings. The zero-order chi connectivity index (χ0) is 18.9. The standard InChI is InChI=1S/C23H27NOSSi/c1-23(2,3)27(19-10-6-4-7-11-19,20-12-8-5-9-13-20)25-22-16-18-17-24-15-14-21(18)26-22/h4-15,18,22H,16-17H2,1-3H3. The van der Waals surface area contributed by atoms with Crippen molar-refractivity contribution in [1.82, 2.24) is 0 Å². The maximum atomic E-state index is 7.23. The molecular formula is C23H27NOSSi. The number of rotatable bonds is 4. The number of hydrogen-bond acceptors (Lipinski definition) is 3. The van der Waals surface area contributed by atoms with Crippen molar-refractivity contribution < 1.29 is 4.43 Å². The van der Waals surface area contributed by atoms with Crippen molar-refractivity contribution in [1.29, 1.82) is 0 Å². The summed E-state index contributed by atoms with van der Waals surface area (Å²) in [5.74, 6) is 0.531. The number of aliphatic imine (C=N–C) groups is 1. The van der Waals surface area contributed by atoms with E-state index in [1.54, 1.807) is 0 Å². The van der Waals surface area contributed by atoms with Crippen LogP contribution in [-0.2, 0) is 4.43 Å². The van der Waals surface area contributed by atoms with Crippen molar-refractivity contribution in [3.05, 3.63) is 71.6 Å². The molecule has 4 heteroatoms. The number of thioether (sulfide) groups is 1. The third-order valence-electron chi connectivity index (χ3n) is 5.54. The quantitative estimate of drug-likeness (QED) is 0.708. The van der Waals surface area contributed by atoms with E-state index < -0.39 is 8.32 Å². The highest BCUT2D eigenvalue weighted by Gasteiger charge is 2.52. The molecule has 2 aliphatic rings. The third kappa shape index (κ3) is 3.46. The fraction of sp³-hybridized carbons (Fsp3) is 0.348. The highest BCUT2D eigenvalue weighted by molar-refractivity contribution is 8.03. The van der Waals surface area contributed by atoms with Crippen molar-refractivity contribution >= 4 is 36.7 Å². The fourth-order valence-corrected chi connectivity index (χ4v) is 10.5. The summed E-state index contributed by atoms with van der Waals surface area (Å²) in [7, 11) is -2.47. The molecule has 140 valence electrons. The molecule has 1 fully saturated rings. The fourth-order valence-electron chi connectivity index (χ4n) is 4.26. The molecule has 0 saturated carbocycles. The van der Waals surface area contributed by atoms with E-state index in [1.807, 2.05) is 18.0 Å². The lowest BCUT2D eigenvalue weighted by Crippen LogP contribution is -2.67. The van der Waals surface area contributed by atoms with E-state index in [4.69, 9.17) is 4.43 Å². The molecule has 2 heterocycles. The van der Waals surface area contributed by atoms with Crippen LogP contribution in [0.4, 0.5) is 0 Å². The van der Waals surface area contributed by atoms with Crippen LogP contribution in [0.3, 0.4) is 0 Å². The van der Waals surface area contributed by atoms with Crippen LogP contribution in [0.25, 0.3) is 0 Å². The van der Waals surface area contributed by atoms with Gasteiger partial charge in [-0.3, -0.25) is 4.99 Å². The smallest absolute Gasteiger partial charge is 0.262 e. The van der Waals surface area contributed by atoms with Crippen molar-refractivity contribution in [2.45, 2.75) is 37.7 Å². The zero-order valence-corrected chi connectivity index (χ0v) is 18.1. The van der Waals surface area contributed by atoms with Crippen LogP contribution in [0, 0.1) is 5.92 Å². The van der Waals surface area contributed by atoms with E-state index in [1.165, 1.54) is 15.3 Å². The van der Waals surface area contributed by atoms with Gasteiger partial charge in [0.05, 0.1) is 5.44 Å². The van der Waals surface area contributed by atoms with Crippen LogP contribution >= 0.6 is 11.8 Å². The molecule has 0 spiro atoms. The van der Waals surface area contributed by atoms with Gasteiger partial charge in [-0.2, -0.15) is 0 Å². The van der Waals surface area contributed by atoms with Gasteiger partial charge < -0.3 is 4.43 Å². The number of benzene rings is 2. The molecule has 0 radical (unpaired) electrons. The summed E-state index contributed by atoms with van der Waals surface area (Å²) in [6, 6.07) is 21.8. The van der Waals surface area contributed by atoms with E-state index in [2.05, 4.69) is 92.5 Å².